The van der Waals surface area contributed by atoms with E-state index in [1.807, 2.05) is 11.4 Å². The van der Waals surface area contributed by atoms with Gasteiger partial charge in [-0.15, -0.1) is 11.3 Å². The van der Waals surface area contributed by atoms with Crippen LogP contribution in [0.3, 0.4) is 0 Å². The van der Waals surface area contributed by atoms with Crippen LogP contribution in [0.4, 0.5) is 4.39 Å². The van der Waals surface area contributed by atoms with Crippen molar-refractivity contribution in [2.75, 3.05) is 0 Å². The van der Waals surface area contributed by atoms with Gasteiger partial charge >= 0.3 is 0 Å². The van der Waals surface area contributed by atoms with Gasteiger partial charge in [0, 0.05) is 20.1 Å². The van der Waals surface area contributed by atoms with E-state index in [0.717, 1.165) is 9.35 Å². The maximum Gasteiger partial charge on any atom is 0.170 e. The predicted molar refractivity (Wildman–Crippen MR) is 72.3 cm³/mol. The minimum absolute atomic E-state index is 0.183. The Balaban J connectivity index is 2.06. The number of aliphatic hydroxyl groups excluding tert-OH is 1. The van der Waals surface area contributed by atoms with Crippen molar-refractivity contribution in [3.63, 3.8) is 0 Å². The minimum atomic E-state index is -0.867. The SMILES string of the molecule is OC(c1cc2cccc(F)c2o1)c1cc(Br)cs1. The van der Waals surface area contributed by atoms with Gasteiger partial charge in [0.1, 0.15) is 11.9 Å². The first-order valence-electron chi connectivity index (χ1n) is 5.25. The highest BCUT2D eigenvalue weighted by molar-refractivity contribution is 9.10. The van der Waals surface area contributed by atoms with E-state index < -0.39 is 11.9 Å². The van der Waals surface area contributed by atoms with Crippen LogP contribution in [0.5, 0.6) is 0 Å². The largest absolute Gasteiger partial charge is 0.455 e. The lowest BCUT2D eigenvalue weighted by Crippen LogP contribution is -1.93. The van der Waals surface area contributed by atoms with Gasteiger partial charge in [-0.1, -0.05) is 12.1 Å². The van der Waals surface area contributed by atoms with E-state index in [1.54, 1.807) is 18.2 Å². The molecule has 5 heteroatoms. The number of hydrogen-bond donors (Lipinski definition) is 1. The monoisotopic (exact) mass is 326 g/mol. The second kappa shape index (κ2) is 4.50. The molecule has 0 saturated heterocycles. The summed E-state index contributed by atoms with van der Waals surface area (Å²) in [7, 11) is 0. The van der Waals surface area contributed by atoms with Crippen LogP contribution in [0.25, 0.3) is 11.0 Å². The van der Waals surface area contributed by atoms with Gasteiger partial charge in [-0.3, -0.25) is 0 Å². The molecule has 0 radical (unpaired) electrons. The van der Waals surface area contributed by atoms with Crippen LogP contribution >= 0.6 is 27.3 Å². The fourth-order valence-electron chi connectivity index (χ4n) is 1.79. The Morgan fingerprint density at radius 2 is 2.17 bits per heavy atom. The fourth-order valence-corrected chi connectivity index (χ4v) is 3.23. The summed E-state index contributed by atoms with van der Waals surface area (Å²) in [6.07, 6.45) is -0.867. The first-order chi connectivity index (χ1) is 8.65. The summed E-state index contributed by atoms with van der Waals surface area (Å²) in [6.45, 7) is 0. The lowest BCUT2D eigenvalue weighted by atomic mass is 10.2. The smallest absolute Gasteiger partial charge is 0.170 e. The maximum absolute atomic E-state index is 13.5. The lowest BCUT2D eigenvalue weighted by Gasteiger charge is -2.03. The van der Waals surface area contributed by atoms with Crippen molar-refractivity contribution in [3.05, 3.63) is 56.6 Å². The molecule has 0 aliphatic rings. The van der Waals surface area contributed by atoms with Crippen LogP contribution in [0.15, 0.2) is 44.6 Å². The Kier molecular flexibility index (Phi) is 2.97. The molecule has 0 amide bonds. The van der Waals surface area contributed by atoms with Crippen molar-refractivity contribution in [2.24, 2.45) is 0 Å². The third-order valence-corrected chi connectivity index (χ3v) is 4.39. The number of fused-ring (bicyclic) bond motifs is 1. The van der Waals surface area contributed by atoms with Crippen molar-refractivity contribution in [2.45, 2.75) is 6.10 Å². The molecular weight excluding hydrogens is 319 g/mol. The summed E-state index contributed by atoms with van der Waals surface area (Å²) in [5.41, 5.74) is 0.183. The molecule has 1 aromatic carbocycles. The van der Waals surface area contributed by atoms with E-state index in [-0.39, 0.29) is 5.58 Å². The van der Waals surface area contributed by atoms with Crippen LogP contribution < -0.4 is 0 Å². The molecule has 2 aromatic heterocycles. The maximum atomic E-state index is 13.5. The van der Waals surface area contributed by atoms with E-state index in [2.05, 4.69) is 15.9 Å². The van der Waals surface area contributed by atoms with Crippen LogP contribution in [0.2, 0.25) is 0 Å². The van der Waals surface area contributed by atoms with Crippen LogP contribution in [-0.2, 0) is 0 Å². The summed E-state index contributed by atoms with van der Waals surface area (Å²) in [4.78, 5) is 0.751. The first-order valence-corrected chi connectivity index (χ1v) is 6.92. The van der Waals surface area contributed by atoms with E-state index in [1.165, 1.54) is 17.4 Å². The molecule has 2 nitrogen and oxygen atoms in total. The number of furan rings is 1. The molecule has 3 rings (SSSR count). The van der Waals surface area contributed by atoms with Gasteiger partial charge < -0.3 is 9.52 Å². The third-order valence-electron chi connectivity index (χ3n) is 2.64. The van der Waals surface area contributed by atoms with Crippen molar-refractivity contribution in [1.82, 2.24) is 0 Å². The molecule has 2 heterocycles. The van der Waals surface area contributed by atoms with Crippen molar-refractivity contribution < 1.29 is 13.9 Å². The number of hydrogen-bond acceptors (Lipinski definition) is 3. The van der Waals surface area contributed by atoms with Gasteiger partial charge in [-0.05, 0) is 34.1 Å². The topological polar surface area (TPSA) is 33.4 Å². The van der Waals surface area contributed by atoms with Gasteiger partial charge in [0.2, 0.25) is 0 Å². The van der Waals surface area contributed by atoms with Gasteiger partial charge in [0.15, 0.2) is 11.4 Å². The summed E-state index contributed by atoms with van der Waals surface area (Å²) in [5.74, 6) is -0.0669. The van der Waals surface area contributed by atoms with Crippen molar-refractivity contribution in [1.29, 1.82) is 0 Å². The zero-order valence-electron chi connectivity index (χ0n) is 9.06. The molecule has 0 bridgehead atoms. The number of aliphatic hydroxyl groups is 1. The van der Waals surface area contributed by atoms with Crippen LogP contribution in [-0.4, -0.2) is 5.11 Å². The van der Waals surface area contributed by atoms with E-state index in [4.69, 9.17) is 4.42 Å². The number of rotatable bonds is 2. The molecule has 1 N–H and O–H groups in total. The predicted octanol–water partition coefficient (Wildman–Crippen LogP) is 4.48. The Hall–Kier alpha value is -1.17. The zero-order valence-corrected chi connectivity index (χ0v) is 11.5. The quantitative estimate of drug-likeness (QED) is 0.753. The molecule has 0 aliphatic heterocycles. The Bertz CT molecular complexity index is 704. The Morgan fingerprint density at radius 1 is 1.33 bits per heavy atom. The average Bonchev–Trinajstić information content (AvgIpc) is 2.95. The highest BCUT2D eigenvalue weighted by atomic mass is 79.9. The molecule has 0 fully saturated rings. The first kappa shape index (κ1) is 11.9. The molecule has 1 unspecified atom stereocenters. The van der Waals surface area contributed by atoms with Gasteiger partial charge in [-0.2, -0.15) is 0 Å². The standard InChI is InChI=1S/C13H8BrFO2S/c14-8-5-11(18-6-8)12(16)10-4-7-2-1-3-9(15)13(7)17-10/h1-6,12,16H. The second-order valence-electron chi connectivity index (χ2n) is 3.88. The summed E-state index contributed by atoms with van der Waals surface area (Å²) < 4.78 is 19.8. The Morgan fingerprint density at radius 3 is 2.83 bits per heavy atom. The normalized spacial score (nSPS) is 13.1. The van der Waals surface area contributed by atoms with Gasteiger partial charge in [-0.25, -0.2) is 4.39 Å². The summed E-state index contributed by atoms with van der Waals surface area (Å²) >= 11 is 4.74. The molecule has 0 spiro atoms. The third kappa shape index (κ3) is 1.98. The highest BCUT2D eigenvalue weighted by Crippen LogP contribution is 2.33. The minimum Gasteiger partial charge on any atom is -0.455 e. The second-order valence-corrected chi connectivity index (χ2v) is 5.74. The average molecular weight is 327 g/mol. The number of para-hydroxylation sites is 1. The lowest BCUT2D eigenvalue weighted by molar-refractivity contribution is 0.195. The summed E-state index contributed by atoms with van der Waals surface area (Å²) in [6, 6.07) is 8.19. The van der Waals surface area contributed by atoms with Crippen molar-refractivity contribution >= 4 is 38.2 Å². The summed E-state index contributed by atoms with van der Waals surface area (Å²) in [5, 5.41) is 12.7. The highest BCUT2D eigenvalue weighted by Gasteiger charge is 2.18. The molecule has 92 valence electrons. The zero-order chi connectivity index (χ0) is 12.7. The Labute approximate surface area is 115 Å². The molecule has 3 aromatic rings. The van der Waals surface area contributed by atoms with Crippen LogP contribution in [0, 0.1) is 5.82 Å². The van der Waals surface area contributed by atoms with Crippen molar-refractivity contribution in [3.8, 4) is 0 Å². The van der Waals surface area contributed by atoms with E-state index in [0.29, 0.717) is 11.1 Å². The van der Waals surface area contributed by atoms with E-state index >= 15 is 0 Å². The molecular formula is C13H8BrFO2S. The number of thiophene rings is 1. The molecule has 1 atom stereocenters. The molecule has 0 aliphatic carbocycles. The fraction of sp³-hybridized carbons (Fsp3) is 0.0769. The van der Waals surface area contributed by atoms with Gasteiger partial charge in [0.25, 0.3) is 0 Å². The van der Waals surface area contributed by atoms with Gasteiger partial charge in [0.05, 0.1) is 0 Å². The van der Waals surface area contributed by atoms with Crippen LogP contribution in [0.1, 0.15) is 16.7 Å². The number of benzene rings is 1. The molecule has 18 heavy (non-hydrogen) atoms. The molecule has 0 saturated carbocycles. The van der Waals surface area contributed by atoms with E-state index in [9.17, 15) is 9.50 Å². The number of halogens is 2.